The number of nitrogens with zero attached hydrogens (tertiary/aromatic N) is 1. The summed E-state index contributed by atoms with van der Waals surface area (Å²) in [5.41, 5.74) is -1.96. The molecule has 4 nitrogen and oxygen atoms in total. The highest BCUT2D eigenvalue weighted by Crippen LogP contribution is 2.34. The number of alkyl halides is 3. The second-order valence-electron chi connectivity index (χ2n) is 4.65. The summed E-state index contributed by atoms with van der Waals surface area (Å²) in [6.45, 7) is 0. The Morgan fingerprint density at radius 3 is 2.37 bits per heavy atom. The van der Waals surface area contributed by atoms with Crippen LogP contribution in [0.1, 0.15) is 31.2 Å². The van der Waals surface area contributed by atoms with Gasteiger partial charge in [-0.15, -0.1) is 0 Å². The van der Waals surface area contributed by atoms with E-state index in [1.807, 2.05) is 0 Å². The van der Waals surface area contributed by atoms with Crippen LogP contribution in [0.4, 0.5) is 19.0 Å². The van der Waals surface area contributed by atoms with Crippen molar-refractivity contribution in [2.24, 2.45) is 0 Å². The Hall–Kier alpha value is -1.79. The van der Waals surface area contributed by atoms with Crippen LogP contribution in [-0.2, 0) is 11.0 Å². The minimum atomic E-state index is -4.44. The summed E-state index contributed by atoms with van der Waals surface area (Å²) in [5, 5.41) is 12.0. The van der Waals surface area contributed by atoms with Gasteiger partial charge in [0.2, 0.25) is 0 Å². The van der Waals surface area contributed by atoms with E-state index in [9.17, 15) is 23.1 Å². The zero-order chi connectivity index (χ0) is 14.1. The number of aromatic nitrogens is 1. The third kappa shape index (κ3) is 2.80. The fraction of sp³-hybridized carbons (Fsp3) is 0.500. The van der Waals surface area contributed by atoms with Gasteiger partial charge in [0.05, 0.1) is 5.56 Å². The summed E-state index contributed by atoms with van der Waals surface area (Å²) in [4.78, 5) is 14.9. The van der Waals surface area contributed by atoms with Gasteiger partial charge in [-0.25, -0.2) is 9.78 Å². The maximum Gasteiger partial charge on any atom is 0.417 e. The first-order valence-electron chi connectivity index (χ1n) is 5.88. The number of rotatable bonds is 3. The van der Waals surface area contributed by atoms with E-state index in [-0.39, 0.29) is 5.82 Å². The number of hydrogen-bond acceptors (Lipinski definition) is 3. The van der Waals surface area contributed by atoms with Crippen molar-refractivity contribution in [3.05, 3.63) is 23.9 Å². The molecule has 0 amide bonds. The number of aliphatic carboxylic acids is 1. The molecule has 0 spiro atoms. The molecule has 1 aromatic rings. The van der Waals surface area contributed by atoms with Gasteiger partial charge in [-0.3, -0.25) is 0 Å². The molecule has 0 radical (unpaired) electrons. The van der Waals surface area contributed by atoms with Crippen molar-refractivity contribution in [1.29, 1.82) is 0 Å². The molecule has 1 aromatic heterocycles. The van der Waals surface area contributed by atoms with Crippen molar-refractivity contribution < 1.29 is 23.1 Å². The smallest absolute Gasteiger partial charge is 0.417 e. The van der Waals surface area contributed by atoms with Gasteiger partial charge in [0, 0.05) is 6.20 Å². The lowest BCUT2D eigenvalue weighted by molar-refractivity contribution is -0.142. The zero-order valence-electron chi connectivity index (χ0n) is 10.00. The molecule has 2 rings (SSSR count). The molecular weight excluding hydrogens is 261 g/mol. The summed E-state index contributed by atoms with van der Waals surface area (Å²) < 4.78 is 37.1. The molecule has 0 atom stereocenters. The number of hydrogen-bond donors (Lipinski definition) is 2. The van der Waals surface area contributed by atoms with Crippen LogP contribution in [0.25, 0.3) is 0 Å². The SMILES string of the molecule is O=C(O)C1(Nc2ccc(C(F)(F)F)cn2)CCCC1. The minimum Gasteiger partial charge on any atom is -0.480 e. The molecule has 0 aromatic carbocycles. The maximum atomic E-state index is 12.4. The average molecular weight is 274 g/mol. The Bertz CT molecular complexity index is 465. The molecule has 104 valence electrons. The lowest BCUT2D eigenvalue weighted by Gasteiger charge is -2.26. The molecular formula is C12H13F3N2O2. The second kappa shape index (κ2) is 4.71. The molecule has 0 aliphatic heterocycles. The van der Waals surface area contributed by atoms with Gasteiger partial charge in [0.15, 0.2) is 0 Å². The highest BCUT2D eigenvalue weighted by atomic mass is 19.4. The Morgan fingerprint density at radius 2 is 1.95 bits per heavy atom. The van der Waals surface area contributed by atoms with E-state index >= 15 is 0 Å². The van der Waals surface area contributed by atoms with Crippen molar-refractivity contribution in [3.8, 4) is 0 Å². The number of nitrogens with one attached hydrogen (secondary N) is 1. The first-order valence-corrected chi connectivity index (χ1v) is 5.88. The van der Waals surface area contributed by atoms with Crippen molar-refractivity contribution in [3.63, 3.8) is 0 Å². The van der Waals surface area contributed by atoms with Crippen LogP contribution < -0.4 is 5.32 Å². The van der Waals surface area contributed by atoms with Crippen molar-refractivity contribution in [2.75, 3.05) is 5.32 Å². The summed E-state index contributed by atoms with van der Waals surface area (Å²) in [6, 6.07) is 2.05. The van der Waals surface area contributed by atoms with Crippen LogP contribution in [0.2, 0.25) is 0 Å². The number of carboxylic acids is 1. The van der Waals surface area contributed by atoms with E-state index in [0.29, 0.717) is 19.0 Å². The van der Waals surface area contributed by atoms with Gasteiger partial charge in [-0.1, -0.05) is 12.8 Å². The van der Waals surface area contributed by atoms with E-state index in [1.165, 1.54) is 0 Å². The Balaban J connectivity index is 2.17. The topological polar surface area (TPSA) is 62.2 Å². The fourth-order valence-electron chi connectivity index (χ4n) is 2.25. The summed E-state index contributed by atoms with van der Waals surface area (Å²) in [7, 11) is 0. The maximum absolute atomic E-state index is 12.4. The fourth-order valence-corrected chi connectivity index (χ4v) is 2.25. The van der Waals surface area contributed by atoms with Gasteiger partial charge in [-0.05, 0) is 25.0 Å². The molecule has 0 bridgehead atoms. The van der Waals surface area contributed by atoms with Gasteiger partial charge in [0.1, 0.15) is 11.4 Å². The zero-order valence-corrected chi connectivity index (χ0v) is 10.00. The largest absolute Gasteiger partial charge is 0.480 e. The molecule has 7 heteroatoms. The molecule has 0 saturated heterocycles. The van der Waals surface area contributed by atoms with Crippen molar-refractivity contribution in [2.45, 2.75) is 37.4 Å². The lowest BCUT2D eigenvalue weighted by Crippen LogP contribution is -2.43. The van der Waals surface area contributed by atoms with Gasteiger partial charge in [-0.2, -0.15) is 13.2 Å². The van der Waals surface area contributed by atoms with Gasteiger partial charge >= 0.3 is 12.1 Å². The summed E-state index contributed by atoms with van der Waals surface area (Å²) >= 11 is 0. The van der Waals surface area contributed by atoms with Crippen molar-refractivity contribution in [1.82, 2.24) is 4.98 Å². The van der Waals surface area contributed by atoms with Crippen LogP contribution in [0, 0.1) is 0 Å². The normalized spacial score (nSPS) is 18.3. The molecule has 1 saturated carbocycles. The average Bonchev–Trinajstić information content (AvgIpc) is 2.78. The molecule has 19 heavy (non-hydrogen) atoms. The van der Waals surface area contributed by atoms with E-state index in [1.54, 1.807) is 0 Å². The molecule has 0 unspecified atom stereocenters. The highest BCUT2D eigenvalue weighted by molar-refractivity contribution is 5.82. The van der Waals surface area contributed by atoms with E-state index in [2.05, 4.69) is 10.3 Å². The van der Waals surface area contributed by atoms with E-state index in [4.69, 9.17) is 0 Å². The molecule has 1 aliphatic rings. The van der Waals surface area contributed by atoms with E-state index < -0.39 is 23.2 Å². The van der Waals surface area contributed by atoms with Crippen LogP contribution in [0.5, 0.6) is 0 Å². The predicted octanol–water partition coefficient (Wildman–Crippen LogP) is 2.91. The number of pyridine rings is 1. The summed E-state index contributed by atoms with van der Waals surface area (Å²) in [5.74, 6) is -0.844. The number of halogens is 3. The van der Waals surface area contributed by atoms with Crippen LogP contribution >= 0.6 is 0 Å². The number of anilines is 1. The van der Waals surface area contributed by atoms with E-state index in [0.717, 1.165) is 25.0 Å². The third-order valence-corrected chi connectivity index (χ3v) is 3.32. The standard InChI is InChI=1S/C12H13F3N2O2/c13-12(14,15)8-3-4-9(16-7-8)17-11(10(18)19)5-1-2-6-11/h3-4,7H,1-2,5-6H2,(H,16,17)(H,18,19). The summed E-state index contributed by atoms with van der Waals surface area (Å²) in [6.07, 6.45) is -1.29. The first-order chi connectivity index (χ1) is 8.83. The molecule has 1 aliphatic carbocycles. The number of carboxylic acid groups (broad SMARTS) is 1. The monoisotopic (exact) mass is 274 g/mol. The number of carbonyl (C=O) groups is 1. The molecule has 1 heterocycles. The van der Waals surface area contributed by atoms with Crippen LogP contribution in [0.3, 0.4) is 0 Å². The Morgan fingerprint density at radius 1 is 1.32 bits per heavy atom. The first kappa shape index (κ1) is 13.6. The third-order valence-electron chi connectivity index (χ3n) is 3.32. The quantitative estimate of drug-likeness (QED) is 0.889. The highest BCUT2D eigenvalue weighted by Gasteiger charge is 2.41. The van der Waals surface area contributed by atoms with Crippen molar-refractivity contribution >= 4 is 11.8 Å². The van der Waals surface area contributed by atoms with Crippen LogP contribution in [-0.4, -0.2) is 21.6 Å². The molecule has 1 fully saturated rings. The van der Waals surface area contributed by atoms with Crippen LogP contribution in [0.15, 0.2) is 18.3 Å². The molecule has 2 N–H and O–H groups in total. The Labute approximate surface area is 107 Å². The predicted molar refractivity (Wildman–Crippen MR) is 61.7 cm³/mol. The van der Waals surface area contributed by atoms with Gasteiger partial charge in [0.25, 0.3) is 0 Å². The van der Waals surface area contributed by atoms with Gasteiger partial charge < -0.3 is 10.4 Å². The lowest BCUT2D eigenvalue weighted by atomic mass is 9.98. The minimum absolute atomic E-state index is 0.150. The second-order valence-corrected chi connectivity index (χ2v) is 4.65. The Kier molecular flexibility index (Phi) is 3.38.